The number of cyclic esters (lactones) is 1. The van der Waals surface area contributed by atoms with E-state index in [4.69, 9.17) is 14.6 Å². The van der Waals surface area contributed by atoms with Crippen LogP contribution >= 0.6 is 0 Å². The molecule has 0 fully saturated rings. The smallest absolute Gasteiger partial charge is 0.378 e. The van der Waals surface area contributed by atoms with Crippen LogP contribution in [-0.2, 0) is 20.7 Å². The molecule has 1 aromatic rings. The van der Waals surface area contributed by atoms with Crippen LogP contribution in [-0.4, -0.2) is 56.9 Å². The van der Waals surface area contributed by atoms with Crippen LogP contribution in [0, 0.1) is 0 Å². The van der Waals surface area contributed by atoms with Crippen LogP contribution in [0.15, 0.2) is 29.7 Å². The standard InChI is InChI=1S/C15H18O8/c16-7-11(19)13-14(12(20)15(21)23-13)22-5-1-2-8-3-4-9(17)6-10(8)18/h3-4,6,11,13,16-20H,1-2,5,7H2/t11-,13+/m0/s1. The van der Waals surface area contributed by atoms with Crippen LogP contribution in [0.25, 0.3) is 0 Å². The van der Waals surface area contributed by atoms with E-state index in [9.17, 15) is 25.2 Å². The Morgan fingerprint density at radius 1 is 1.26 bits per heavy atom. The van der Waals surface area contributed by atoms with Crippen LogP contribution in [0.2, 0.25) is 0 Å². The van der Waals surface area contributed by atoms with Gasteiger partial charge in [0.05, 0.1) is 13.2 Å². The second kappa shape index (κ2) is 7.21. The number of phenolic OH excluding ortho intramolecular Hbond substituents is 2. The van der Waals surface area contributed by atoms with E-state index in [0.717, 1.165) is 0 Å². The molecule has 0 bridgehead atoms. The molecule has 2 rings (SSSR count). The van der Waals surface area contributed by atoms with Crippen LogP contribution < -0.4 is 0 Å². The maximum Gasteiger partial charge on any atom is 0.378 e. The zero-order valence-electron chi connectivity index (χ0n) is 12.2. The van der Waals surface area contributed by atoms with E-state index >= 15 is 0 Å². The maximum atomic E-state index is 11.3. The molecule has 0 aromatic heterocycles. The third-order valence-electron chi connectivity index (χ3n) is 3.37. The summed E-state index contributed by atoms with van der Waals surface area (Å²) in [6, 6.07) is 4.24. The lowest BCUT2D eigenvalue weighted by Gasteiger charge is -2.18. The zero-order chi connectivity index (χ0) is 17.0. The zero-order valence-corrected chi connectivity index (χ0v) is 12.2. The van der Waals surface area contributed by atoms with E-state index < -0.39 is 30.5 Å². The summed E-state index contributed by atoms with van der Waals surface area (Å²) in [7, 11) is 0. The van der Waals surface area contributed by atoms with E-state index in [1.54, 1.807) is 6.07 Å². The summed E-state index contributed by atoms with van der Waals surface area (Å²) in [6.07, 6.45) is -1.76. The fraction of sp³-hybridized carbons (Fsp3) is 0.400. The SMILES string of the molecule is O=C1O[C@H]([C@@H](O)CO)C(OCCCc2ccc(O)cc2O)=C1O. The van der Waals surface area contributed by atoms with Crippen molar-refractivity contribution < 1.29 is 39.8 Å². The number of hydrogen-bond donors (Lipinski definition) is 5. The predicted molar refractivity (Wildman–Crippen MR) is 76.7 cm³/mol. The Hall–Kier alpha value is -2.45. The quantitative estimate of drug-likeness (QED) is 0.351. The highest BCUT2D eigenvalue weighted by atomic mass is 16.6. The Labute approximate surface area is 131 Å². The van der Waals surface area contributed by atoms with Crippen molar-refractivity contribution in [1.29, 1.82) is 0 Å². The first-order valence-electron chi connectivity index (χ1n) is 7.00. The van der Waals surface area contributed by atoms with Gasteiger partial charge in [0.25, 0.3) is 0 Å². The fourth-order valence-corrected chi connectivity index (χ4v) is 2.17. The van der Waals surface area contributed by atoms with Crippen molar-refractivity contribution in [2.24, 2.45) is 0 Å². The molecular weight excluding hydrogens is 308 g/mol. The summed E-state index contributed by atoms with van der Waals surface area (Å²) in [6.45, 7) is -0.565. The number of benzene rings is 1. The van der Waals surface area contributed by atoms with Crippen LogP contribution in [0.3, 0.4) is 0 Å². The number of carbonyl (C=O) groups excluding carboxylic acids is 1. The number of aliphatic hydroxyl groups excluding tert-OH is 3. The molecule has 8 heteroatoms. The second-order valence-electron chi connectivity index (χ2n) is 5.05. The van der Waals surface area contributed by atoms with Crippen molar-refractivity contribution in [1.82, 2.24) is 0 Å². The van der Waals surface area contributed by atoms with Gasteiger partial charge in [0.15, 0.2) is 11.9 Å². The van der Waals surface area contributed by atoms with Gasteiger partial charge in [0.1, 0.15) is 17.6 Å². The summed E-state index contributed by atoms with van der Waals surface area (Å²) >= 11 is 0. The second-order valence-corrected chi connectivity index (χ2v) is 5.05. The Bertz CT molecular complexity index is 609. The molecule has 8 nitrogen and oxygen atoms in total. The van der Waals surface area contributed by atoms with Gasteiger partial charge in [-0.05, 0) is 24.5 Å². The molecule has 0 unspecified atom stereocenters. The summed E-state index contributed by atoms with van der Waals surface area (Å²) in [5.74, 6) is -2.05. The number of ether oxygens (including phenoxy) is 2. The van der Waals surface area contributed by atoms with Gasteiger partial charge in [0.2, 0.25) is 5.76 Å². The normalized spacial score (nSPS) is 18.9. The van der Waals surface area contributed by atoms with E-state index in [0.29, 0.717) is 18.4 Å². The first kappa shape index (κ1) is 16.9. The van der Waals surface area contributed by atoms with E-state index in [-0.39, 0.29) is 23.9 Å². The fourth-order valence-electron chi connectivity index (χ4n) is 2.17. The molecule has 0 saturated carbocycles. The molecule has 1 heterocycles. The largest absolute Gasteiger partial charge is 0.508 e. The van der Waals surface area contributed by atoms with Crippen molar-refractivity contribution in [3.8, 4) is 11.5 Å². The van der Waals surface area contributed by atoms with Gasteiger partial charge >= 0.3 is 5.97 Å². The minimum atomic E-state index is -1.39. The van der Waals surface area contributed by atoms with Crippen LogP contribution in [0.4, 0.5) is 0 Å². The third kappa shape index (κ3) is 3.85. The minimum Gasteiger partial charge on any atom is -0.508 e. The Kier molecular flexibility index (Phi) is 5.30. The summed E-state index contributed by atoms with van der Waals surface area (Å²) in [4.78, 5) is 11.3. The molecule has 1 aliphatic heterocycles. The first-order chi connectivity index (χ1) is 10.9. The molecule has 23 heavy (non-hydrogen) atoms. The van der Waals surface area contributed by atoms with Crippen molar-refractivity contribution in [3.63, 3.8) is 0 Å². The summed E-state index contributed by atoms with van der Waals surface area (Å²) < 4.78 is 10.0. The summed E-state index contributed by atoms with van der Waals surface area (Å²) in [5, 5.41) is 46.9. The van der Waals surface area contributed by atoms with Crippen molar-refractivity contribution in [3.05, 3.63) is 35.3 Å². The Morgan fingerprint density at radius 2 is 2.00 bits per heavy atom. The lowest BCUT2D eigenvalue weighted by molar-refractivity contribution is -0.148. The van der Waals surface area contributed by atoms with Gasteiger partial charge in [0, 0.05) is 6.07 Å². The van der Waals surface area contributed by atoms with Crippen molar-refractivity contribution >= 4 is 5.97 Å². The van der Waals surface area contributed by atoms with Crippen molar-refractivity contribution in [2.45, 2.75) is 25.0 Å². The molecule has 2 atom stereocenters. The number of phenols is 2. The van der Waals surface area contributed by atoms with Gasteiger partial charge in [-0.25, -0.2) is 4.79 Å². The monoisotopic (exact) mass is 326 g/mol. The molecule has 0 aliphatic carbocycles. The number of aryl methyl sites for hydroxylation is 1. The van der Waals surface area contributed by atoms with Gasteiger partial charge < -0.3 is 35.0 Å². The maximum absolute atomic E-state index is 11.3. The average molecular weight is 326 g/mol. The van der Waals surface area contributed by atoms with E-state index in [1.807, 2.05) is 0 Å². The van der Waals surface area contributed by atoms with E-state index in [1.165, 1.54) is 12.1 Å². The summed E-state index contributed by atoms with van der Waals surface area (Å²) in [5.41, 5.74) is 0.607. The number of hydrogen-bond acceptors (Lipinski definition) is 8. The number of aromatic hydroxyl groups is 2. The molecular formula is C15H18O8. The molecule has 0 spiro atoms. The van der Waals surface area contributed by atoms with Crippen molar-refractivity contribution in [2.75, 3.05) is 13.2 Å². The molecule has 5 N–H and O–H groups in total. The highest BCUT2D eigenvalue weighted by Gasteiger charge is 2.40. The van der Waals surface area contributed by atoms with Crippen LogP contribution in [0.5, 0.6) is 11.5 Å². The minimum absolute atomic E-state index is 0.0416. The van der Waals surface area contributed by atoms with Gasteiger partial charge in [-0.1, -0.05) is 6.07 Å². The molecule has 0 amide bonds. The molecule has 0 radical (unpaired) electrons. The molecule has 0 saturated heterocycles. The third-order valence-corrected chi connectivity index (χ3v) is 3.37. The Morgan fingerprint density at radius 3 is 2.65 bits per heavy atom. The molecule has 1 aliphatic rings. The Balaban J connectivity index is 1.90. The van der Waals surface area contributed by atoms with Gasteiger partial charge in [-0.3, -0.25) is 0 Å². The predicted octanol–water partition coefficient (Wildman–Crippen LogP) is 0.0952. The number of aliphatic hydroxyl groups is 3. The number of rotatable bonds is 7. The van der Waals surface area contributed by atoms with Gasteiger partial charge in [-0.2, -0.15) is 0 Å². The van der Waals surface area contributed by atoms with Gasteiger partial charge in [-0.15, -0.1) is 0 Å². The highest BCUT2D eigenvalue weighted by Crippen LogP contribution is 2.26. The molecule has 126 valence electrons. The number of esters is 1. The lowest BCUT2D eigenvalue weighted by atomic mass is 10.1. The number of carbonyl (C=O) groups is 1. The molecule has 1 aromatic carbocycles. The average Bonchev–Trinajstić information content (AvgIpc) is 2.80. The van der Waals surface area contributed by atoms with E-state index in [2.05, 4.69) is 0 Å². The first-order valence-corrected chi connectivity index (χ1v) is 7.00. The lowest BCUT2D eigenvalue weighted by Crippen LogP contribution is -2.32. The van der Waals surface area contributed by atoms with Crippen LogP contribution in [0.1, 0.15) is 12.0 Å². The highest BCUT2D eigenvalue weighted by molar-refractivity contribution is 5.89. The topological polar surface area (TPSA) is 137 Å².